The van der Waals surface area contributed by atoms with Gasteiger partial charge in [0.1, 0.15) is 11.8 Å². The van der Waals surface area contributed by atoms with E-state index in [1.807, 2.05) is 17.6 Å². The predicted octanol–water partition coefficient (Wildman–Crippen LogP) is 2.06. The van der Waals surface area contributed by atoms with Crippen molar-refractivity contribution in [1.82, 2.24) is 29.4 Å². The van der Waals surface area contributed by atoms with E-state index in [4.69, 9.17) is 0 Å². The van der Waals surface area contributed by atoms with E-state index in [1.54, 1.807) is 29.0 Å². The Bertz CT molecular complexity index is 1000. The lowest BCUT2D eigenvalue weighted by Gasteiger charge is -2.31. The van der Waals surface area contributed by atoms with Crippen LogP contribution in [0.5, 0.6) is 0 Å². The fourth-order valence-corrected chi connectivity index (χ4v) is 3.89. The predicted molar refractivity (Wildman–Crippen MR) is 108 cm³/mol. The van der Waals surface area contributed by atoms with Crippen LogP contribution in [0, 0.1) is 17.2 Å². The summed E-state index contributed by atoms with van der Waals surface area (Å²) in [5, 5.41) is 16.5. The van der Waals surface area contributed by atoms with Gasteiger partial charge in [0.15, 0.2) is 11.3 Å². The fourth-order valence-electron chi connectivity index (χ4n) is 3.89. The highest BCUT2D eigenvalue weighted by Gasteiger charge is 2.21. The first-order chi connectivity index (χ1) is 14.2. The van der Waals surface area contributed by atoms with Crippen LogP contribution < -0.4 is 5.32 Å². The molecule has 8 nitrogen and oxygen atoms in total. The van der Waals surface area contributed by atoms with Crippen LogP contribution in [0.15, 0.2) is 36.8 Å². The average molecular weight is 391 g/mol. The van der Waals surface area contributed by atoms with Gasteiger partial charge in [-0.05, 0) is 56.5 Å². The van der Waals surface area contributed by atoms with E-state index in [0.29, 0.717) is 23.8 Å². The summed E-state index contributed by atoms with van der Waals surface area (Å²) in [6.45, 7) is 6.39. The lowest BCUT2D eigenvalue weighted by atomic mass is 9.96. The number of nitrogens with zero attached hydrogens (tertiary/aromatic N) is 6. The van der Waals surface area contributed by atoms with E-state index >= 15 is 0 Å². The third-order valence-electron chi connectivity index (χ3n) is 5.54. The molecular weight excluding hydrogens is 366 g/mol. The molecule has 0 bridgehead atoms. The number of aromatic nitrogens is 4. The van der Waals surface area contributed by atoms with Crippen molar-refractivity contribution < 1.29 is 4.79 Å². The van der Waals surface area contributed by atoms with Gasteiger partial charge in [0.05, 0.1) is 0 Å². The highest BCUT2D eigenvalue weighted by atomic mass is 16.1. The summed E-state index contributed by atoms with van der Waals surface area (Å²) in [6, 6.07) is 7.73. The number of fused-ring (bicyclic) bond motifs is 1. The number of carbonyl (C=O) groups excluding carboxylic acids is 1. The molecule has 0 aliphatic carbocycles. The van der Waals surface area contributed by atoms with Crippen molar-refractivity contribution in [3.8, 4) is 6.07 Å². The number of hydrogen-bond acceptors (Lipinski definition) is 5. The monoisotopic (exact) mass is 391 g/mol. The van der Waals surface area contributed by atoms with Crippen LogP contribution in [0.2, 0.25) is 0 Å². The molecule has 1 aliphatic rings. The van der Waals surface area contributed by atoms with Gasteiger partial charge in [0, 0.05) is 44.3 Å². The molecule has 150 valence electrons. The number of piperidine rings is 1. The van der Waals surface area contributed by atoms with Gasteiger partial charge in [-0.3, -0.25) is 9.69 Å². The Hall–Kier alpha value is -3.18. The van der Waals surface area contributed by atoms with Crippen molar-refractivity contribution in [2.24, 2.45) is 5.92 Å². The summed E-state index contributed by atoms with van der Waals surface area (Å²) >= 11 is 0. The maximum absolute atomic E-state index is 12.4. The highest BCUT2D eigenvalue weighted by Crippen LogP contribution is 2.19. The quantitative estimate of drug-likeness (QED) is 0.695. The van der Waals surface area contributed by atoms with Crippen molar-refractivity contribution in [2.45, 2.75) is 32.9 Å². The van der Waals surface area contributed by atoms with E-state index < -0.39 is 0 Å². The number of nitrogens with one attached hydrogen (secondary N) is 1. The van der Waals surface area contributed by atoms with Gasteiger partial charge >= 0.3 is 0 Å². The van der Waals surface area contributed by atoms with Crippen LogP contribution in [0.25, 0.3) is 5.65 Å². The Kier molecular flexibility index (Phi) is 5.58. The molecule has 0 unspecified atom stereocenters. The van der Waals surface area contributed by atoms with E-state index in [9.17, 15) is 10.1 Å². The average Bonchev–Trinajstić information content (AvgIpc) is 3.36. The first-order valence-corrected chi connectivity index (χ1v) is 10.1. The molecule has 3 aromatic rings. The number of amides is 1. The Balaban J connectivity index is 1.25. The molecule has 29 heavy (non-hydrogen) atoms. The minimum atomic E-state index is -0.150. The first-order valence-electron chi connectivity index (χ1n) is 10.1. The molecule has 0 spiro atoms. The third-order valence-corrected chi connectivity index (χ3v) is 5.54. The normalized spacial score (nSPS) is 15.4. The van der Waals surface area contributed by atoms with E-state index in [-0.39, 0.29) is 5.91 Å². The van der Waals surface area contributed by atoms with Crippen LogP contribution >= 0.6 is 0 Å². The summed E-state index contributed by atoms with van der Waals surface area (Å²) in [4.78, 5) is 19.0. The number of hydrogen-bond donors (Lipinski definition) is 1. The van der Waals surface area contributed by atoms with Crippen LogP contribution in [-0.2, 0) is 13.1 Å². The number of nitriles is 1. The van der Waals surface area contributed by atoms with Crippen LogP contribution in [0.1, 0.15) is 41.5 Å². The molecule has 1 N–H and O–H groups in total. The summed E-state index contributed by atoms with van der Waals surface area (Å²) in [5.41, 5.74) is 2.98. The molecule has 0 atom stereocenters. The molecule has 3 aromatic heterocycles. The lowest BCUT2D eigenvalue weighted by molar-refractivity contribution is 0.0930. The molecule has 1 saturated heterocycles. The zero-order valence-electron chi connectivity index (χ0n) is 16.6. The fraction of sp³-hybridized carbons (Fsp3) is 0.429. The van der Waals surface area contributed by atoms with Crippen molar-refractivity contribution in [3.05, 3.63) is 53.7 Å². The molecule has 0 saturated carbocycles. The summed E-state index contributed by atoms with van der Waals surface area (Å²) in [7, 11) is 0. The molecule has 1 amide bonds. The summed E-state index contributed by atoms with van der Waals surface area (Å²) in [6.07, 6.45) is 7.64. The van der Waals surface area contributed by atoms with Crippen LogP contribution in [0.4, 0.5) is 0 Å². The van der Waals surface area contributed by atoms with E-state index in [0.717, 1.165) is 44.7 Å². The maximum atomic E-state index is 12.4. The third kappa shape index (κ3) is 4.30. The minimum absolute atomic E-state index is 0.150. The molecule has 4 heterocycles. The van der Waals surface area contributed by atoms with Gasteiger partial charge in [0.2, 0.25) is 0 Å². The smallest absolute Gasteiger partial charge is 0.271 e. The molecular formula is C21H25N7O. The first kappa shape index (κ1) is 19.2. The van der Waals surface area contributed by atoms with Crippen LogP contribution in [0.3, 0.4) is 0 Å². The standard InChI is InChI=1S/C21H25N7O/c1-2-27-15-17(10-18(27)12-22)14-26-8-4-16(5-9-26)13-24-21(29)19-11-20-23-6-3-7-28(20)25-19/h3,6-7,10-11,15-16H,2,4-5,8-9,13-14H2,1H3,(H,24,29). The molecule has 0 aromatic carbocycles. The van der Waals surface area contributed by atoms with Gasteiger partial charge < -0.3 is 9.88 Å². The Labute approximate surface area is 169 Å². The topological polar surface area (TPSA) is 91.2 Å². The zero-order chi connectivity index (χ0) is 20.2. The number of rotatable bonds is 6. The van der Waals surface area contributed by atoms with Gasteiger partial charge in [0.25, 0.3) is 5.91 Å². The number of aryl methyl sites for hydroxylation is 1. The second kappa shape index (κ2) is 8.45. The lowest BCUT2D eigenvalue weighted by Crippen LogP contribution is -2.38. The SMILES string of the molecule is CCn1cc(CN2CCC(CNC(=O)c3cc4ncccn4n3)CC2)cc1C#N. The van der Waals surface area contributed by atoms with Crippen molar-refractivity contribution >= 4 is 11.6 Å². The molecule has 0 radical (unpaired) electrons. The number of likely N-dealkylation sites (tertiary alicyclic amines) is 1. The van der Waals surface area contributed by atoms with Crippen molar-refractivity contribution in [1.29, 1.82) is 5.26 Å². The van der Waals surface area contributed by atoms with E-state index in [2.05, 4.69) is 32.6 Å². The molecule has 1 aliphatic heterocycles. The Morgan fingerprint density at radius 3 is 2.86 bits per heavy atom. The zero-order valence-corrected chi connectivity index (χ0v) is 16.6. The van der Waals surface area contributed by atoms with Gasteiger partial charge in [-0.1, -0.05) is 0 Å². The molecule has 4 rings (SSSR count). The van der Waals surface area contributed by atoms with Crippen molar-refractivity contribution in [3.63, 3.8) is 0 Å². The largest absolute Gasteiger partial charge is 0.350 e. The highest BCUT2D eigenvalue weighted by molar-refractivity contribution is 5.93. The van der Waals surface area contributed by atoms with Crippen molar-refractivity contribution in [2.75, 3.05) is 19.6 Å². The summed E-state index contributed by atoms with van der Waals surface area (Å²) < 4.78 is 3.60. The van der Waals surface area contributed by atoms with Gasteiger partial charge in [-0.15, -0.1) is 0 Å². The Morgan fingerprint density at radius 1 is 1.34 bits per heavy atom. The Morgan fingerprint density at radius 2 is 2.17 bits per heavy atom. The van der Waals surface area contributed by atoms with Crippen LogP contribution in [-0.4, -0.2) is 49.6 Å². The minimum Gasteiger partial charge on any atom is -0.350 e. The van der Waals surface area contributed by atoms with Gasteiger partial charge in [-0.25, -0.2) is 9.50 Å². The molecule has 8 heteroatoms. The second-order valence-corrected chi connectivity index (χ2v) is 7.51. The second-order valence-electron chi connectivity index (χ2n) is 7.51. The maximum Gasteiger partial charge on any atom is 0.271 e. The summed E-state index contributed by atoms with van der Waals surface area (Å²) in [5.74, 6) is 0.322. The van der Waals surface area contributed by atoms with Gasteiger partial charge in [-0.2, -0.15) is 10.4 Å². The van der Waals surface area contributed by atoms with E-state index in [1.165, 1.54) is 5.56 Å². The number of carbonyl (C=O) groups is 1. The molecule has 1 fully saturated rings.